The first-order valence-corrected chi connectivity index (χ1v) is 6.68. The zero-order chi connectivity index (χ0) is 12.7. The lowest BCUT2D eigenvalue weighted by molar-refractivity contribution is -0.120. The van der Waals surface area contributed by atoms with Gasteiger partial charge in [0, 0.05) is 30.0 Å². The average Bonchev–Trinajstić information content (AvgIpc) is 2.29. The molecule has 17 heavy (non-hydrogen) atoms. The lowest BCUT2D eigenvalue weighted by Gasteiger charge is -2.14. The number of amides is 1. The summed E-state index contributed by atoms with van der Waals surface area (Å²) < 4.78 is 1.08. The van der Waals surface area contributed by atoms with Crippen molar-refractivity contribution in [3.05, 3.63) is 34.3 Å². The summed E-state index contributed by atoms with van der Waals surface area (Å²) in [7, 11) is 0. The SMILES string of the molecule is CCNC(=O)CCNC(C)c1cccc(Br)c1. The molecule has 0 spiro atoms. The van der Waals surface area contributed by atoms with E-state index < -0.39 is 0 Å². The van der Waals surface area contributed by atoms with Crippen LogP contribution in [0, 0.1) is 0 Å². The molecule has 0 aliphatic heterocycles. The Labute approximate surface area is 111 Å². The van der Waals surface area contributed by atoms with E-state index in [0.717, 1.165) is 4.47 Å². The van der Waals surface area contributed by atoms with Gasteiger partial charge in [0.1, 0.15) is 0 Å². The van der Waals surface area contributed by atoms with Gasteiger partial charge in [-0.1, -0.05) is 28.1 Å². The van der Waals surface area contributed by atoms with Crippen LogP contribution in [0.3, 0.4) is 0 Å². The normalized spacial score (nSPS) is 12.2. The number of nitrogens with one attached hydrogen (secondary N) is 2. The van der Waals surface area contributed by atoms with Crippen LogP contribution >= 0.6 is 15.9 Å². The fraction of sp³-hybridized carbons (Fsp3) is 0.462. The number of halogens is 1. The van der Waals surface area contributed by atoms with Gasteiger partial charge in [-0.15, -0.1) is 0 Å². The molecule has 0 radical (unpaired) electrons. The van der Waals surface area contributed by atoms with Crippen molar-refractivity contribution in [2.75, 3.05) is 13.1 Å². The van der Waals surface area contributed by atoms with Gasteiger partial charge in [-0.25, -0.2) is 0 Å². The third-order valence-electron chi connectivity index (χ3n) is 2.53. The third-order valence-corrected chi connectivity index (χ3v) is 3.02. The quantitative estimate of drug-likeness (QED) is 0.848. The lowest BCUT2D eigenvalue weighted by atomic mass is 10.1. The van der Waals surface area contributed by atoms with E-state index in [-0.39, 0.29) is 11.9 Å². The van der Waals surface area contributed by atoms with Crippen LogP contribution in [0.4, 0.5) is 0 Å². The summed E-state index contributed by atoms with van der Waals surface area (Å²) in [5, 5.41) is 6.12. The predicted octanol–water partition coefficient (Wildman–Crippen LogP) is 2.63. The molecule has 1 aromatic carbocycles. The van der Waals surface area contributed by atoms with Crippen molar-refractivity contribution in [3.63, 3.8) is 0 Å². The molecule has 1 rings (SSSR count). The summed E-state index contributed by atoms with van der Waals surface area (Å²) in [6, 6.07) is 8.44. The molecular formula is C13H19BrN2O. The van der Waals surface area contributed by atoms with E-state index in [9.17, 15) is 4.79 Å². The minimum absolute atomic E-state index is 0.0986. The van der Waals surface area contributed by atoms with Crippen molar-refractivity contribution in [2.24, 2.45) is 0 Å². The Morgan fingerprint density at radius 2 is 2.24 bits per heavy atom. The maximum absolute atomic E-state index is 11.3. The molecule has 0 saturated carbocycles. The van der Waals surface area contributed by atoms with E-state index in [2.05, 4.69) is 45.6 Å². The van der Waals surface area contributed by atoms with Crippen LogP contribution in [0.5, 0.6) is 0 Å². The number of benzene rings is 1. The highest BCUT2D eigenvalue weighted by Gasteiger charge is 2.06. The van der Waals surface area contributed by atoms with Gasteiger partial charge in [-0.3, -0.25) is 4.79 Å². The van der Waals surface area contributed by atoms with Gasteiger partial charge in [0.2, 0.25) is 5.91 Å². The number of carbonyl (C=O) groups excluding carboxylic acids is 1. The Kier molecular flexibility index (Phi) is 6.22. The van der Waals surface area contributed by atoms with Gasteiger partial charge < -0.3 is 10.6 Å². The number of hydrogen-bond acceptors (Lipinski definition) is 2. The Bertz CT molecular complexity index is 368. The van der Waals surface area contributed by atoms with E-state index in [4.69, 9.17) is 0 Å². The lowest BCUT2D eigenvalue weighted by Crippen LogP contribution is -2.28. The zero-order valence-corrected chi connectivity index (χ0v) is 11.9. The molecule has 1 unspecified atom stereocenters. The van der Waals surface area contributed by atoms with Crippen molar-refractivity contribution < 1.29 is 4.79 Å². The summed E-state index contributed by atoms with van der Waals surface area (Å²) in [4.78, 5) is 11.3. The summed E-state index contributed by atoms with van der Waals surface area (Å²) in [6.45, 7) is 5.41. The Balaban J connectivity index is 2.35. The second-order valence-corrected chi connectivity index (χ2v) is 4.85. The van der Waals surface area contributed by atoms with Crippen LogP contribution in [0.2, 0.25) is 0 Å². The van der Waals surface area contributed by atoms with Crippen LogP contribution in [0.15, 0.2) is 28.7 Å². The van der Waals surface area contributed by atoms with E-state index >= 15 is 0 Å². The Morgan fingerprint density at radius 1 is 1.47 bits per heavy atom. The van der Waals surface area contributed by atoms with Crippen LogP contribution < -0.4 is 10.6 Å². The third kappa shape index (κ3) is 5.33. The fourth-order valence-corrected chi connectivity index (χ4v) is 2.00. The molecule has 0 saturated heterocycles. The summed E-state index contributed by atoms with van der Waals surface area (Å²) >= 11 is 3.45. The van der Waals surface area contributed by atoms with Crippen LogP contribution in [-0.2, 0) is 4.79 Å². The Morgan fingerprint density at radius 3 is 2.88 bits per heavy atom. The fourth-order valence-electron chi connectivity index (χ4n) is 1.58. The maximum Gasteiger partial charge on any atom is 0.221 e. The molecule has 0 aliphatic rings. The van der Waals surface area contributed by atoms with E-state index in [0.29, 0.717) is 19.5 Å². The van der Waals surface area contributed by atoms with Gasteiger partial charge in [0.25, 0.3) is 0 Å². The first kappa shape index (κ1) is 14.2. The van der Waals surface area contributed by atoms with Crippen molar-refractivity contribution in [3.8, 4) is 0 Å². The van der Waals surface area contributed by atoms with Crippen LogP contribution in [0.1, 0.15) is 31.9 Å². The van der Waals surface area contributed by atoms with E-state index in [1.165, 1.54) is 5.56 Å². The Hall–Kier alpha value is -0.870. The van der Waals surface area contributed by atoms with E-state index in [1.54, 1.807) is 0 Å². The first-order valence-electron chi connectivity index (χ1n) is 5.89. The summed E-state index contributed by atoms with van der Waals surface area (Å²) in [6.07, 6.45) is 0.520. The van der Waals surface area contributed by atoms with Gasteiger partial charge in [-0.2, -0.15) is 0 Å². The molecule has 94 valence electrons. The highest BCUT2D eigenvalue weighted by atomic mass is 79.9. The molecule has 4 heteroatoms. The smallest absolute Gasteiger partial charge is 0.221 e. The van der Waals surface area contributed by atoms with Gasteiger partial charge in [-0.05, 0) is 31.5 Å². The molecule has 0 aliphatic carbocycles. The maximum atomic E-state index is 11.3. The molecule has 0 aromatic heterocycles. The van der Waals surface area contributed by atoms with Gasteiger partial charge >= 0.3 is 0 Å². The molecule has 0 heterocycles. The largest absolute Gasteiger partial charge is 0.356 e. The minimum atomic E-state index is 0.0986. The molecule has 3 nitrogen and oxygen atoms in total. The van der Waals surface area contributed by atoms with Crippen molar-refractivity contribution in [2.45, 2.75) is 26.3 Å². The van der Waals surface area contributed by atoms with Gasteiger partial charge in [0.15, 0.2) is 0 Å². The van der Waals surface area contributed by atoms with Crippen LogP contribution in [-0.4, -0.2) is 19.0 Å². The summed E-state index contributed by atoms with van der Waals surface area (Å²) in [5.74, 6) is 0.0986. The summed E-state index contributed by atoms with van der Waals surface area (Å²) in [5.41, 5.74) is 1.22. The topological polar surface area (TPSA) is 41.1 Å². The van der Waals surface area contributed by atoms with Crippen molar-refractivity contribution in [1.29, 1.82) is 0 Å². The monoisotopic (exact) mass is 298 g/mol. The van der Waals surface area contributed by atoms with E-state index in [1.807, 2.05) is 19.1 Å². The highest BCUT2D eigenvalue weighted by molar-refractivity contribution is 9.10. The first-order chi connectivity index (χ1) is 8.13. The minimum Gasteiger partial charge on any atom is -0.356 e. The molecule has 1 aromatic rings. The van der Waals surface area contributed by atoms with Crippen molar-refractivity contribution >= 4 is 21.8 Å². The predicted molar refractivity (Wildman–Crippen MR) is 73.9 cm³/mol. The molecular weight excluding hydrogens is 280 g/mol. The second-order valence-electron chi connectivity index (χ2n) is 3.93. The zero-order valence-electron chi connectivity index (χ0n) is 10.3. The second kappa shape index (κ2) is 7.45. The molecule has 2 N–H and O–H groups in total. The number of hydrogen-bond donors (Lipinski definition) is 2. The molecule has 0 fully saturated rings. The highest BCUT2D eigenvalue weighted by Crippen LogP contribution is 2.17. The van der Waals surface area contributed by atoms with Crippen molar-refractivity contribution in [1.82, 2.24) is 10.6 Å². The standard InChI is InChI=1S/C13H19BrN2O/c1-3-15-13(17)7-8-16-10(2)11-5-4-6-12(14)9-11/h4-6,9-10,16H,3,7-8H2,1-2H3,(H,15,17). The molecule has 1 atom stereocenters. The molecule has 1 amide bonds. The molecule has 0 bridgehead atoms. The van der Waals surface area contributed by atoms with Crippen LogP contribution in [0.25, 0.3) is 0 Å². The average molecular weight is 299 g/mol. The van der Waals surface area contributed by atoms with Gasteiger partial charge in [0.05, 0.1) is 0 Å². The number of rotatable bonds is 6. The number of carbonyl (C=O) groups is 1.